The molecule has 1 aromatic rings. The van der Waals surface area contributed by atoms with E-state index in [-0.39, 0.29) is 17.9 Å². The van der Waals surface area contributed by atoms with Crippen molar-refractivity contribution in [2.45, 2.75) is 32.2 Å². The molecule has 1 aromatic heterocycles. The predicted octanol–water partition coefficient (Wildman–Crippen LogP) is 2.80. The molecule has 12 heavy (non-hydrogen) atoms. The molecule has 0 aliphatic heterocycles. The van der Waals surface area contributed by atoms with Crippen LogP contribution in [0.4, 0.5) is 0 Å². The number of halogens is 2. The first-order valence-corrected chi connectivity index (χ1v) is 4.17. The van der Waals surface area contributed by atoms with E-state index < -0.39 is 0 Å². The topological polar surface area (TPSA) is 17.8 Å². The summed E-state index contributed by atoms with van der Waals surface area (Å²) in [5.74, 6) is 0.538. The van der Waals surface area contributed by atoms with Crippen LogP contribution in [0, 0.1) is 0 Å². The van der Waals surface area contributed by atoms with Gasteiger partial charge in [0.1, 0.15) is 0 Å². The molecular formula is C8H14Cl2N2. The van der Waals surface area contributed by atoms with Crippen LogP contribution in [-0.4, -0.2) is 9.78 Å². The highest BCUT2D eigenvalue weighted by atomic mass is 35.5. The molecule has 0 atom stereocenters. The first-order valence-electron chi connectivity index (χ1n) is 3.64. The SMILES string of the molecule is CC(C)(C)n1cc(CCl)cn1.Cl. The zero-order valence-electron chi connectivity index (χ0n) is 7.54. The highest BCUT2D eigenvalue weighted by Crippen LogP contribution is 2.13. The van der Waals surface area contributed by atoms with Crippen molar-refractivity contribution in [1.29, 1.82) is 0 Å². The fourth-order valence-corrected chi connectivity index (χ4v) is 0.934. The maximum absolute atomic E-state index is 5.64. The lowest BCUT2D eigenvalue weighted by Crippen LogP contribution is -2.21. The highest BCUT2D eigenvalue weighted by molar-refractivity contribution is 6.17. The van der Waals surface area contributed by atoms with Crippen LogP contribution < -0.4 is 0 Å². The monoisotopic (exact) mass is 208 g/mol. The summed E-state index contributed by atoms with van der Waals surface area (Å²) >= 11 is 5.64. The van der Waals surface area contributed by atoms with E-state index >= 15 is 0 Å². The molecule has 0 fully saturated rings. The number of alkyl halides is 1. The molecule has 0 aliphatic rings. The van der Waals surface area contributed by atoms with Gasteiger partial charge in [-0.15, -0.1) is 24.0 Å². The summed E-state index contributed by atoms with van der Waals surface area (Å²) in [6.07, 6.45) is 3.78. The van der Waals surface area contributed by atoms with Gasteiger partial charge in [0, 0.05) is 11.8 Å². The van der Waals surface area contributed by atoms with Crippen LogP contribution in [0.15, 0.2) is 12.4 Å². The van der Waals surface area contributed by atoms with Crippen LogP contribution in [0.1, 0.15) is 26.3 Å². The molecule has 0 amide bonds. The Kier molecular flexibility index (Phi) is 4.08. The molecule has 0 N–H and O–H groups in total. The van der Waals surface area contributed by atoms with Gasteiger partial charge in [-0.3, -0.25) is 4.68 Å². The van der Waals surface area contributed by atoms with Gasteiger partial charge in [0.15, 0.2) is 0 Å². The summed E-state index contributed by atoms with van der Waals surface area (Å²) < 4.78 is 1.92. The molecule has 0 aromatic carbocycles. The van der Waals surface area contributed by atoms with Gasteiger partial charge in [0.2, 0.25) is 0 Å². The Morgan fingerprint density at radius 1 is 1.50 bits per heavy atom. The lowest BCUT2D eigenvalue weighted by atomic mass is 10.1. The van der Waals surface area contributed by atoms with Gasteiger partial charge in [-0.2, -0.15) is 5.10 Å². The zero-order valence-corrected chi connectivity index (χ0v) is 9.11. The third-order valence-corrected chi connectivity index (χ3v) is 1.79. The minimum Gasteiger partial charge on any atom is -0.267 e. The fourth-order valence-electron chi connectivity index (χ4n) is 0.796. The minimum atomic E-state index is 0. The predicted molar refractivity (Wildman–Crippen MR) is 54.0 cm³/mol. The van der Waals surface area contributed by atoms with E-state index in [1.165, 1.54) is 0 Å². The van der Waals surface area contributed by atoms with E-state index in [1.807, 2.05) is 10.9 Å². The van der Waals surface area contributed by atoms with Crippen LogP contribution >= 0.6 is 24.0 Å². The third kappa shape index (κ3) is 2.68. The standard InChI is InChI=1S/C8H13ClN2.ClH/c1-8(2,3)11-6-7(4-9)5-10-11;/h5-6H,4H2,1-3H3;1H. The largest absolute Gasteiger partial charge is 0.267 e. The average Bonchev–Trinajstić information content (AvgIpc) is 2.32. The molecule has 0 spiro atoms. The Morgan fingerprint density at radius 2 is 2.08 bits per heavy atom. The Balaban J connectivity index is 0.00000121. The van der Waals surface area contributed by atoms with Gasteiger partial charge in [0.05, 0.1) is 17.6 Å². The lowest BCUT2D eigenvalue weighted by Gasteiger charge is -2.18. The molecule has 0 bridgehead atoms. The van der Waals surface area contributed by atoms with Crippen LogP contribution in [-0.2, 0) is 11.4 Å². The summed E-state index contributed by atoms with van der Waals surface area (Å²) in [5.41, 5.74) is 1.13. The molecule has 0 radical (unpaired) electrons. The fraction of sp³-hybridized carbons (Fsp3) is 0.625. The molecule has 70 valence electrons. The van der Waals surface area contributed by atoms with Gasteiger partial charge in [-0.1, -0.05) is 0 Å². The normalized spacial score (nSPS) is 11.0. The number of rotatable bonds is 1. The Hall–Kier alpha value is -0.210. The van der Waals surface area contributed by atoms with Crippen molar-refractivity contribution in [1.82, 2.24) is 9.78 Å². The van der Waals surface area contributed by atoms with Crippen LogP contribution in [0.2, 0.25) is 0 Å². The number of hydrogen-bond donors (Lipinski definition) is 0. The zero-order chi connectivity index (χ0) is 8.48. The van der Waals surface area contributed by atoms with E-state index in [2.05, 4.69) is 25.9 Å². The Morgan fingerprint density at radius 3 is 2.33 bits per heavy atom. The molecular weight excluding hydrogens is 195 g/mol. The summed E-state index contributed by atoms with van der Waals surface area (Å²) in [4.78, 5) is 0. The van der Waals surface area contributed by atoms with Crippen LogP contribution in [0.3, 0.4) is 0 Å². The number of nitrogens with zero attached hydrogens (tertiary/aromatic N) is 2. The molecule has 2 nitrogen and oxygen atoms in total. The number of hydrogen-bond acceptors (Lipinski definition) is 1. The summed E-state index contributed by atoms with van der Waals surface area (Å²) in [7, 11) is 0. The maximum Gasteiger partial charge on any atom is 0.0543 e. The smallest absolute Gasteiger partial charge is 0.0543 e. The first kappa shape index (κ1) is 11.8. The highest BCUT2D eigenvalue weighted by Gasteiger charge is 2.13. The third-order valence-electron chi connectivity index (χ3n) is 1.48. The van der Waals surface area contributed by atoms with E-state index in [0.717, 1.165) is 5.56 Å². The second kappa shape index (κ2) is 4.15. The first-order chi connectivity index (χ1) is 5.04. The quantitative estimate of drug-likeness (QED) is 0.650. The van der Waals surface area contributed by atoms with Crippen molar-refractivity contribution in [3.05, 3.63) is 18.0 Å². The molecule has 1 rings (SSSR count). The van der Waals surface area contributed by atoms with Crippen molar-refractivity contribution in [3.63, 3.8) is 0 Å². The van der Waals surface area contributed by atoms with E-state index in [0.29, 0.717) is 5.88 Å². The Labute approximate surface area is 84.3 Å². The molecule has 4 heteroatoms. The molecule has 0 unspecified atom stereocenters. The summed E-state index contributed by atoms with van der Waals surface area (Å²) in [5, 5.41) is 4.19. The van der Waals surface area contributed by atoms with Crippen molar-refractivity contribution in [2.75, 3.05) is 0 Å². The Bertz CT molecular complexity index is 237. The summed E-state index contributed by atoms with van der Waals surface area (Å²) in [6, 6.07) is 0. The van der Waals surface area contributed by atoms with Crippen molar-refractivity contribution < 1.29 is 0 Å². The molecule has 1 heterocycles. The molecule has 0 saturated carbocycles. The molecule has 0 aliphatic carbocycles. The minimum absolute atomic E-state index is 0. The van der Waals surface area contributed by atoms with Gasteiger partial charge in [-0.05, 0) is 20.8 Å². The van der Waals surface area contributed by atoms with Gasteiger partial charge in [0.25, 0.3) is 0 Å². The van der Waals surface area contributed by atoms with E-state index in [4.69, 9.17) is 11.6 Å². The van der Waals surface area contributed by atoms with Crippen molar-refractivity contribution in [2.24, 2.45) is 0 Å². The second-order valence-corrected chi connectivity index (χ2v) is 3.86. The average molecular weight is 209 g/mol. The van der Waals surface area contributed by atoms with Crippen LogP contribution in [0.25, 0.3) is 0 Å². The van der Waals surface area contributed by atoms with Crippen molar-refractivity contribution >= 4 is 24.0 Å². The van der Waals surface area contributed by atoms with Gasteiger partial charge < -0.3 is 0 Å². The number of aromatic nitrogens is 2. The van der Waals surface area contributed by atoms with Crippen molar-refractivity contribution in [3.8, 4) is 0 Å². The van der Waals surface area contributed by atoms with Gasteiger partial charge in [-0.25, -0.2) is 0 Å². The maximum atomic E-state index is 5.64. The van der Waals surface area contributed by atoms with E-state index in [9.17, 15) is 0 Å². The van der Waals surface area contributed by atoms with E-state index in [1.54, 1.807) is 6.20 Å². The molecule has 0 saturated heterocycles. The lowest BCUT2D eigenvalue weighted by molar-refractivity contribution is 0.355. The summed E-state index contributed by atoms with van der Waals surface area (Å²) in [6.45, 7) is 6.33. The van der Waals surface area contributed by atoms with Gasteiger partial charge >= 0.3 is 0 Å². The second-order valence-electron chi connectivity index (χ2n) is 3.60. The van der Waals surface area contributed by atoms with Crippen LogP contribution in [0.5, 0.6) is 0 Å².